The Balaban J connectivity index is 1.23. The van der Waals surface area contributed by atoms with Gasteiger partial charge in [0.2, 0.25) is 16.0 Å². The summed E-state index contributed by atoms with van der Waals surface area (Å²) in [5.74, 6) is 1.82. The second kappa shape index (κ2) is 9.11. The number of rotatable bonds is 7. The van der Waals surface area contributed by atoms with Crippen LogP contribution in [0.2, 0.25) is 0 Å². The van der Waals surface area contributed by atoms with Crippen molar-refractivity contribution in [3.05, 3.63) is 60.3 Å². The molecule has 1 saturated heterocycles. The number of nitrogens with one attached hydrogen (secondary N) is 3. The van der Waals surface area contributed by atoms with Gasteiger partial charge in [-0.3, -0.25) is 0 Å². The van der Waals surface area contributed by atoms with Crippen LogP contribution in [0.25, 0.3) is 0 Å². The van der Waals surface area contributed by atoms with E-state index < -0.39 is 10.0 Å². The number of nitrogens with zero attached hydrogens (tertiary/aromatic N) is 3. The molecule has 5 rings (SSSR count). The highest BCUT2D eigenvalue weighted by molar-refractivity contribution is 7.88. The van der Waals surface area contributed by atoms with Crippen molar-refractivity contribution in [1.29, 1.82) is 0 Å². The molecular weight excluding hydrogens is 452 g/mol. The second-order valence-electron chi connectivity index (χ2n) is 8.81. The summed E-state index contributed by atoms with van der Waals surface area (Å²) < 4.78 is 30.9. The van der Waals surface area contributed by atoms with Crippen LogP contribution in [-0.4, -0.2) is 54.2 Å². The van der Waals surface area contributed by atoms with Crippen molar-refractivity contribution in [3.8, 4) is 5.75 Å². The van der Waals surface area contributed by atoms with Gasteiger partial charge in [-0.2, -0.15) is 9.29 Å². The molecule has 34 heavy (non-hydrogen) atoms. The van der Waals surface area contributed by atoms with E-state index in [-0.39, 0.29) is 6.10 Å². The first kappa shape index (κ1) is 22.4. The fourth-order valence-electron chi connectivity index (χ4n) is 4.33. The van der Waals surface area contributed by atoms with Gasteiger partial charge < -0.3 is 20.7 Å². The smallest absolute Gasteiger partial charge is 0.229 e. The zero-order valence-electron chi connectivity index (χ0n) is 19.2. The molecule has 1 unspecified atom stereocenters. The maximum atomic E-state index is 11.7. The molecule has 9 nitrogen and oxygen atoms in total. The Hall–Kier alpha value is -3.37. The maximum Gasteiger partial charge on any atom is 0.229 e. The number of hydrogen-bond acceptors (Lipinski definition) is 8. The van der Waals surface area contributed by atoms with Crippen molar-refractivity contribution >= 4 is 38.9 Å². The number of ether oxygens (including phenoxy) is 1. The topological polar surface area (TPSA) is 108 Å². The summed E-state index contributed by atoms with van der Waals surface area (Å²) in [5.41, 5.74) is 4.25. The van der Waals surface area contributed by atoms with Crippen molar-refractivity contribution < 1.29 is 13.2 Å². The van der Waals surface area contributed by atoms with Gasteiger partial charge in [0.15, 0.2) is 0 Å². The number of benzene rings is 2. The number of hydrogen-bond donors (Lipinski definition) is 3. The molecule has 2 aromatic carbocycles. The Morgan fingerprint density at radius 1 is 1.12 bits per heavy atom. The van der Waals surface area contributed by atoms with Crippen LogP contribution >= 0.6 is 0 Å². The van der Waals surface area contributed by atoms with Crippen molar-refractivity contribution in [3.63, 3.8) is 0 Å². The zero-order valence-corrected chi connectivity index (χ0v) is 20.0. The molecule has 2 aliphatic rings. The molecule has 1 aromatic heterocycles. The van der Waals surface area contributed by atoms with Crippen LogP contribution in [0.4, 0.5) is 28.8 Å². The van der Waals surface area contributed by atoms with Crippen molar-refractivity contribution in [2.45, 2.75) is 31.9 Å². The maximum absolute atomic E-state index is 11.7. The first-order valence-corrected chi connectivity index (χ1v) is 13.1. The standard InChI is InChI=1S/C24H28N6O3S/c1-16-12-17-13-19(6-7-22(17)26-16)27-23-8-10-25-24(29-23)28-18-4-3-5-20(14-18)33-21-9-11-30(15-21)34(2,31)32/h3-8,10,13-14,16,21,26H,9,11-12,15H2,1-2H3,(H2,25,27,28,29)/t16?,21-/m1/s1. The first-order chi connectivity index (χ1) is 16.3. The Labute approximate surface area is 199 Å². The minimum Gasteiger partial charge on any atom is -0.489 e. The number of fused-ring (bicyclic) bond motifs is 1. The summed E-state index contributed by atoms with van der Waals surface area (Å²) in [7, 11) is -3.19. The van der Waals surface area contributed by atoms with Gasteiger partial charge in [-0.15, -0.1) is 0 Å². The second-order valence-corrected chi connectivity index (χ2v) is 10.8. The Bertz CT molecular complexity index is 1300. The molecule has 0 spiro atoms. The molecule has 178 valence electrons. The predicted molar refractivity (Wildman–Crippen MR) is 134 cm³/mol. The summed E-state index contributed by atoms with van der Waals surface area (Å²) >= 11 is 0. The third-order valence-electron chi connectivity index (χ3n) is 5.93. The summed E-state index contributed by atoms with van der Waals surface area (Å²) in [5, 5.41) is 10.0. The Morgan fingerprint density at radius 3 is 2.79 bits per heavy atom. The van der Waals surface area contributed by atoms with Gasteiger partial charge in [-0.25, -0.2) is 13.4 Å². The van der Waals surface area contributed by atoms with Crippen molar-refractivity contribution in [2.75, 3.05) is 35.3 Å². The van der Waals surface area contributed by atoms with Crippen molar-refractivity contribution in [2.24, 2.45) is 0 Å². The van der Waals surface area contributed by atoms with Crippen LogP contribution in [0.1, 0.15) is 18.9 Å². The average Bonchev–Trinajstić information content (AvgIpc) is 3.40. The predicted octanol–water partition coefficient (Wildman–Crippen LogP) is 3.73. The van der Waals surface area contributed by atoms with Crippen LogP contribution < -0.4 is 20.7 Å². The van der Waals surface area contributed by atoms with Crippen molar-refractivity contribution in [1.82, 2.24) is 14.3 Å². The van der Waals surface area contributed by atoms with E-state index in [4.69, 9.17) is 4.74 Å². The van der Waals surface area contributed by atoms with Gasteiger partial charge in [0.1, 0.15) is 17.7 Å². The summed E-state index contributed by atoms with van der Waals surface area (Å²) in [6, 6.07) is 16.1. The van der Waals surface area contributed by atoms with E-state index in [1.165, 1.54) is 21.8 Å². The number of sulfonamides is 1. The first-order valence-electron chi connectivity index (χ1n) is 11.3. The van der Waals surface area contributed by atoms with Crippen LogP contribution in [0.15, 0.2) is 54.7 Å². The van der Waals surface area contributed by atoms with E-state index >= 15 is 0 Å². The lowest BCUT2D eigenvalue weighted by Crippen LogP contribution is -2.29. The highest BCUT2D eigenvalue weighted by Crippen LogP contribution is 2.30. The van der Waals surface area contributed by atoms with Gasteiger partial charge in [0.05, 0.1) is 12.8 Å². The van der Waals surface area contributed by atoms with E-state index in [9.17, 15) is 8.42 Å². The largest absolute Gasteiger partial charge is 0.489 e. The molecule has 0 amide bonds. The molecule has 3 N–H and O–H groups in total. The molecule has 2 atom stereocenters. The summed E-state index contributed by atoms with van der Waals surface area (Å²) in [6.07, 6.45) is 4.43. The van der Waals surface area contributed by atoms with Gasteiger partial charge in [0.25, 0.3) is 0 Å². The van der Waals surface area contributed by atoms with Gasteiger partial charge in [-0.05, 0) is 61.7 Å². The van der Waals surface area contributed by atoms with E-state index in [2.05, 4.69) is 45.0 Å². The lowest BCUT2D eigenvalue weighted by Gasteiger charge is -2.16. The lowest BCUT2D eigenvalue weighted by atomic mass is 10.1. The van der Waals surface area contributed by atoms with Crippen LogP contribution in [-0.2, 0) is 16.4 Å². The molecule has 3 heterocycles. The quantitative estimate of drug-likeness (QED) is 0.469. The van der Waals surface area contributed by atoms with E-state index in [0.717, 1.165) is 17.8 Å². The molecule has 1 fully saturated rings. The van der Waals surface area contributed by atoms with Gasteiger partial charge in [-0.1, -0.05) is 6.07 Å². The van der Waals surface area contributed by atoms with Crippen LogP contribution in [0, 0.1) is 0 Å². The minimum absolute atomic E-state index is 0.167. The molecule has 0 aliphatic carbocycles. The zero-order chi connectivity index (χ0) is 23.7. The molecule has 3 aromatic rings. The summed E-state index contributed by atoms with van der Waals surface area (Å²) in [4.78, 5) is 8.91. The highest BCUT2D eigenvalue weighted by atomic mass is 32.2. The SMILES string of the molecule is CC1Cc2cc(Nc3ccnc(Nc4cccc(O[C@@H]5CCN(S(C)(=O)=O)C5)c4)n3)ccc2N1. The fourth-order valence-corrected chi connectivity index (χ4v) is 5.20. The Morgan fingerprint density at radius 2 is 1.97 bits per heavy atom. The monoisotopic (exact) mass is 480 g/mol. The Kier molecular flexibility index (Phi) is 6.01. The molecule has 10 heteroatoms. The third kappa shape index (κ3) is 5.23. The van der Waals surface area contributed by atoms with Crippen LogP contribution in [0.3, 0.4) is 0 Å². The fraction of sp³-hybridized carbons (Fsp3) is 0.333. The van der Waals surface area contributed by atoms with E-state index in [1.807, 2.05) is 36.4 Å². The molecule has 0 bridgehead atoms. The number of anilines is 5. The molecule has 2 aliphatic heterocycles. The number of aromatic nitrogens is 2. The van der Waals surface area contributed by atoms with Crippen LogP contribution in [0.5, 0.6) is 5.75 Å². The molecule has 0 saturated carbocycles. The van der Waals surface area contributed by atoms with E-state index in [0.29, 0.717) is 43.1 Å². The average molecular weight is 481 g/mol. The van der Waals surface area contributed by atoms with Gasteiger partial charge in [0, 0.05) is 41.9 Å². The van der Waals surface area contributed by atoms with E-state index in [1.54, 1.807) is 6.20 Å². The lowest BCUT2D eigenvalue weighted by molar-refractivity contribution is 0.216. The highest BCUT2D eigenvalue weighted by Gasteiger charge is 2.29. The summed E-state index contributed by atoms with van der Waals surface area (Å²) in [6.45, 7) is 3.02. The molecule has 0 radical (unpaired) electrons. The normalized spacial score (nSPS) is 19.9. The molecular formula is C24H28N6O3S. The third-order valence-corrected chi connectivity index (χ3v) is 7.20. The minimum atomic E-state index is -3.19. The van der Waals surface area contributed by atoms with Gasteiger partial charge >= 0.3 is 0 Å².